The van der Waals surface area contributed by atoms with E-state index < -0.39 is 0 Å². The van der Waals surface area contributed by atoms with Crippen molar-refractivity contribution >= 4 is 23.1 Å². The van der Waals surface area contributed by atoms with Crippen molar-refractivity contribution in [3.8, 4) is 0 Å². The number of nitrogens with zero attached hydrogens (tertiary/aromatic N) is 1. The lowest BCUT2D eigenvalue weighted by molar-refractivity contribution is 0.540. The van der Waals surface area contributed by atoms with E-state index in [1.807, 2.05) is 23.5 Å². The van der Waals surface area contributed by atoms with Crippen LogP contribution in [0.1, 0.15) is 10.4 Å². The molecule has 0 fully saturated rings. The molecule has 4 heteroatoms. The van der Waals surface area contributed by atoms with Gasteiger partial charge < -0.3 is 5.32 Å². The number of thiazole rings is 1. The molecule has 1 aliphatic rings. The lowest BCUT2D eigenvalue weighted by atomic mass is 10.0. The number of likely N-dealkylation sites (N-methyl/N-ethyl adjacent to an activating group) is 1. The summed E-state index contributed by atoms with van der Waals surface area (Å²) in [6, 6.07) is 9.27. The van der Waals surface area contributed by atoms with Gasteiger partial charge in [-0.05, 0) is 31.5 Å². The van der Waals surface area contributed by atoms with Crippen molar-refractivity contribution in [2.24, 2.45) is 0 Å². The maximum atomic E-state index is 4.16. The van der Waals surface area contributed by atoms with Crippen molar-refractivity contribution in [1.82, 2.24) is 10.3 Å². The third-order valence-corrected chi connectivity index (χ3v) is 5.65. The van der Waals surface area contributed by atoms with Gasteiger partial charge >= 0.3 is 0 Å². The molecule has 0 aliphatic carbocycles. The molecular weight excluding hydrogens is 260 g/mol. The first kappa shape index (κ1) is 12.2. The van der Waals surface area contributed by atoms with Crippen LogP contribution in [0.15, 0.2) is 40.9 Å². The second kappa shape index (κ2) is 5.43. The van der Waals surface area contributed by atoms with Crippen LogP contribution in [0.5, 0.6) is 0 Å². The van der Waals surface area contributed by atoms with E-state index in [0.29, 0.717) is 11.3 Å². The van der Waals surface area contributed by atoms with Gasteiger partial charge in [0.15, 0.2) is 0 Å². The molecule has 0 amide bonds. The minimum Gasteiger partial charge on any atom is -0.316 e. The molecule has 2 nitrogen and oxygen atoms in total. The maximum absolute atomic E-state index is 4.16. The Morgan fingerprint density at radius 2 is 2.33 bits per heavy atom. The molecule has 2 heterocycles. The van der Waals surface area contributed by atoms with Crippen LogP contribution in [0.25, 0.3) is 0 Å². The predicted octanol–water partition coefficient (Wildman–Crippen LogP) is 2.99. The number of fused-ring (bicyclic) bond motifs is 1. The van der Waals surface area contributed by atoms with Crippen molar-refractivity contribution in [3.63, 3.8) is 0 Å². The van der Waals surface area contributed by atoms with Crippen LogP contribution in [0, 0.1) is 0 Å². The summed E-state index contributed by atoms with van der Waals surface area (Å²) in [5.41, 5.74) is 3.41. The van der Waals surface area contributed by atoms with Crippen LogP contribution >= 0.6 is 23.1 Å². The Balaban J connectivity index is 1.71. The van der Waals surface area contributed by atoms with E-state index in [1.165, 1.54) is 21.8 Å². The second-order valence-electron chi connectivity index (χ2n) is 4.54. The Morgan fingerprint density at radius 1 is 1.44 bits per heavy atom. The number of hydrogen-bond donors (Lipinski definition) is 1. The fourth-order valence-electron chi connectivity index (χ4n) is 2.41. The van der Waals surface area contributed by atoms with Crippen molar-refractivity contribution in [2.75, 3.05) is 7.05 Å². The van der Waals surface area contributed by atoms with Gasteiger partial charge in [-0.25, -0.2) is 0 Å². The Hall–Kier alpha value is -0.840. The van der Waals surface area contributed by atoms with Crippen molar-refractivity contribution in [1.29, 1.82) is 0 Å². The van der Waals surface area contributed by atoms with Crippen molar-refractivity contribution in [2.45, 2.75) is 29.0 Å². The van der Waals surface area contributed by atoms with E-state index in [4.69, 9.17) is 0 Å². The smallest absolute Gasteiger partial charge is 0.0794 e. The van der Waals surface area contributed by atoms with E-state index in [9.17, 15) is 0 Å². The van der Waals surface area contributed by atoms with Gasteiger partial charge in [-0.1, -0.05) is 18.2 Å². The quantitative estimate of drug-likeness (QED) is 0.929. The van der Waals surface area contributed by atoms with Gasteiger partial charge in [-0.15, -0.1) is 23.1 Å². The number of thioether (sulfide) groups is 1. The molecule has 2 unspecified atom stereocenters. The molecule has 0 saturated heterocycles. The third-order valence-electron chi connectivity index (χ3n) is 3.40. The minimum absolute atomic E-state index is 0.517. The first-order chi connectivity index (χ1) is 8.86. The molecule has 0 spiro atoms. The molecular formula is C14H16N2S2. The van der Waals surface area contributed by atoms with Crippen LogP contribution in [-0.4, -0.2) is 23.3 Å². The Labute approximate surface area is 116 Å². The summed E-state index contributed by atoms with van der Waals surface area (Å²) in [7, 11) is 2.06. The van der Waals surface area contributed by atoms with Crippen LogP contribution in [-0.2, 0) is 12.8 Å². The maximum Gasteiger partial charge on any atom is 0.0794 e. The number of nitrogens with one attached hydrogen (secondary N) is 1. The molecule has 1 aromatic carbocycles. The number of aromatic nitrogens is 1. The summed E-state index contributed by atoms with van der Waals surface area (Å²) < 4.78 is 0. The van der Waals surface area contributed by atoms with Gasteiger partial charge in [-0.3, -0.25) is 4.98 Å². The topological polar surface area (TPSA) is 24.9 Å². The summed E-state index contributed by atoms with van der Waals surface area (Å²) in [5.74, 6) is 0. The molecule has 2 atom stereocenters. The highest BCUT2D eigenvalue weighted by atomic mass is 32.2. The largest absolute Gasteiger partial charge is 0.316 e. The van der Waals surface area contributed by atoms with E-state index in [0.717, 1.165) is 6.42 Å². The van der Waals surface area contributed by atoms with E-state index >= 15 is 0 Å². The molecule has 3 rings (SSSR count). The summed E-state index contributed by atoms with van der Waals surface area (Å²) in [6.45, 7) is 0. The van der Waals surface area contributed by atoms with Gasteiger partial charge in [0.25, 0.3) is 0 Å². The Kier molecular flexibility index (Phi) is 3.68. The normalized spacial score (nSPS) is 19.7. The summed E-state index contributed by atoms with van der Waals surface area (Å²) >= 11 is 3.76. The monoisotopic (exact) mass is 276 g/mol. The lowest BCUT2D eigenvalue weighted by Gasteiger charge is -2.21. The minimum atomic E-state index is 0.517. The first-order valence-corrected chi connectivity index (χ1v) is 7.92. The lowest BCUT2D eigenvalue weighted by Crippen LogP contribution is -2.37. The third kappa shape index (κ3) is 2.46. The van der Waals surface area contributed by atoms with Crippen molar-refractivity contribution < 1.29 is 0 Å². The van der Waals surface area contributed by atoms with Crippen LogP contribution in [0.3, 0.4) is 0 Å². The van der Waals surface area contributed by atoms with Gasteiger partial charge in [0, 0.05) is 27.3 Å². The van der Waals surface area contributed by atoms with Gasteiger partial charge in [-0.2, -0.15) is 0 Å². The first-order valence-electron chi connectivity index (χ1n) is 6.16. The van der Waals surface area contributed by atoms with E-state index in [2.05, 4.69) is 41.6 Å². The Bertz CT molecular complexity index is 483. The molecule has 0 bridgehead atoms. The summed E-state index contributed by atoms with van der Waals surface area (Å²) in [6.07, 6.45) is 4.24. The zero-order valence-corrected chi connectivity index (χ0v) is 11.9. The molecule has 0 saturated carbocycles. The fraction of sp³-hybridized carbons (Fsp3) is 0.357. The van der Waals surface area contributed by atoms with Crippen LogP contribution < -0.4 is 5.32 Å². The zero-order chi connectivity index (χ0) is 12.4. The molecule has 0 radical (unpaired) electrons. The summed E-state index contributed by atoms with van der Waals surface area (Å²) in [4.78, 5) is 6.98. The van der Waals surface area contributed by atoms with E-state index in [1.54, 1.807) is 11.3 Å². The Morgan fingerprint density at radius 3 is 3.06 bits per heavy atom. The standard InChI is InChI=1S/C14H16N2S2/c1-15-12(7-11-8-16-9-17-11)14-6-10-4-2-3-5-13(10)18-14/h2-5,8-9,12,14-15H,6-7H2,1H3. The number of rotatable bonds is 4. The second-order valence-corrected chi connectivity index (χ2v) is 6.79. The van der Waals surface area contributed by atoms with Crippen molar-refractivity contribution in [3.05, 3.63) is 46.4 Å². The highest BCUT2D eigenvalue weighted by molar-refractivity contribution is 8.00. The molecule has 94 valence electrons. The molecule has 2 aromatic rings. The molecule has 1 aromatic heterocycles. The van der Waals surface area contributed by atoms with Gasteiger partial charge in [0.1, 0.15) is 0 Å². The molecule has 18 heavy (non-hydrogen) atoms. The number of benzene rings is 1. The molecule has 1 N–H and O–H groups in total. The van der Waals surface area contributed by atoms with Crippen LogP contribution in [0.2, 0.25) is 0 Å². The highest BCUT2D eigenvalue weighted by Crippen LogP contribution is 2.38. The van der Waals surface area contributed by atoms with Crippen LogP contribution in [0.4, 0.5) is 0 Å². The average Bonchev–Trinajstić information content (AvgIpc) is 3.04. The predicted molar refractivity (Wildman–Crippen MR) is 78.5 cm³/mol. The highest BCUT2D eigenvalue weighted by Gasteiger charge is 2.28. The summed E-state index contributed by atoms with van der Waals surface area (Å²) in [5, 5.41) is 4.11. The molecule has 1 aliphatic heterocycles. The SMILES string of the molecule is CNC(Cc1cncs1)C1Cc2ccccc2S1. The number of hydrogen-bond acceptors (Lipinski definition) is 4. The average molecular weight is 276 g/mol. The van der Waals surface area contributed by atoms with Gasteiger partial charge in [0.2, 0.25) is 0 Å². The fourth-order valence-corrected chi connectivity index (χ4v) is 4.51. The van der Waals surface area contributed by atoms with E-state index in [-0.39, 0.29) is 0 Å². The van der Waals surface area contributed by atoms with Gasteiger partial charge in [0.05, 0.1) is 5.51 Å². The zero-order valence-electron chi connectivity index (χ0n) is 10.3.